The van der Waals surface area contributed by atoms with Gasteiger partial charge < -0.3 is 0 Å². The third-order valence-electron chi connectivity index (χ3n) is 1.13. The van der Waals surface area contributed by atoms with Crippen molar-refractivity contribution in [1.82, 2.24) is 4.98 Å². The molecule has 0 atom stereocenters. The van der Waals surface area contributed by atoms with Crippen LogP contribution in [0.3, 0.4) is 0 Å². The van der Waals surface area contributed by atoms with Crippen LogP contribution in [0.1, 0.15) is 11.3 Å². The van der Waals surface area contributed by atoms with Gasteiger partial charge in [-0.1, -0.05) is 0 Å². The van der Waals surface area contributed by atoms with Crippen molar-refractivity contribution in [1.29, 1.82) is 5.26 Å². The second kappa shape index (κ2) is 2.27. The fourth-order valence-corrected chi connectivity index (χ4v) is 0.602. The second-order valence-electron chi connectivity index (χ2n) is 1.75. The number of nitrogens with zero attached hydrogens (tertiary/aromatic N) is 2. The van der Waals surface area contributed by atoms with Crippen LogP contribution in [0.5, 0.6) is 0 Å². The van der Waals surface area contributed by atoms with Crippen LogP contribution in [0.2, 0.25) is 0 Å². The van der Waals surface area contributed by atoms with E-state index in [9.17, 15) is 0 Å². The van der Waals surface area contributed by atoms with Crippen molar-refractivity contribution >= 4 is 0 Å². The number of nitriles is 1. The molecular weight excluding hydrogens is 112 g/mol. The molecule has 1 aromatic heterocycles. The minimum atomic E-state index is 0.650. The molecule has 0 fully saturated rings. The second-order valence-corrected chi connectivity index (χ2v) is 1.75. The van der Waals surface area contributed by atoms with Gasteiger partial charge in [-0.2, -0.15) is 5.26 Å². The normalized spacial score (nSPS) is 8.44. The Bertz CT molecular complexity index is 247. The molecule has 44 valence electrons. The van der Waals surface area contributed by atoms with E-state index in [0.717, 1.165) is 5.69 Å². The number of aromatic nitrogens is 1. The molecule has 1 heterocycles. The number of hydrogen-bond donors (Lipinski definition) is 0. The van der Waals surface area contributed by atoms with Crippen LogP contribution in [0.25, 0.3) is 0 Å². The first kappa shape index (κ1) is 5.77. The van der Waals surface area contributed by atoms with Crippen molar-refractivity contribution in [2.24, 2.45) is 0 Å². The van der Waals surface area contributed by atoms with E-state index < -0.39 is 0 Å². The minimum absolute atomic E-state index is 0.650. The third-order valence-corrected chi connectivity index (χ3v) is 1.13. The summed E-state index contributed by atoms with van der Waals surface area (Å²) in [5.41, 5.74) is 1.44. The SMILES string of the molecule is Cc1ncccc1C#N. The highest BCUT2D eigenvalue weighted by Gasteiger charge is 1.91. The molecule has 0 radical (unpaired) electrons. The molecule has 0 saturated carbocycles. The minimum Gasteiger partial charge on any atom is -0.260 e. The Hall–Kier alpha value is -1.36. The van der Waals surface area contributed by atoms with Crippen molar-refractivity contribution in [3.63, 3.8) is 0 Å². The van der Waals surface area contributed by atoms with E-state index in [2.05, 4.69) is 4.98 Å². The highest BCUT2D eigenvalue weighted by atomic mass is 14.7. The standard InChI is InChI=1S/C7H6N2/c1-6-7(5-8)3-2-4-9-6/h2-4H,1H3. The summed E-state index contributed by atoms with van der Waals surface area (Å²) in [6, 6.07) is 5.54. The van der Waals surface area contributed by atoms with Crippen molar-refractivity contribution in [2.75, 3.05) is 0 Å². The smallest absolute Gasteiger partial charge is 0.101 e. The molecule has 0 bridgehead atoms. The van der Waals surface area contributed by atoms with Gasteiger partial charge in [0, 0.05) is 6.20 Å². The summed E-state index contributed by atoms with van der Waals surface area (Å²) in [4.78, 5) is 3.93. The molecule has 0 unspecified atom stereocenters. The lowest BCUT2D eigenvalue weighted by Gasteiger charge is -1.89. The van der Waals surface area contributed by atoms with Gasteiger partial charge in [-0.3, -0.25) is 4.98 Å². The van der Waals surface area contributed by atoms with Crippen molar-refractivity contribution in [3.8, 4) is 6.07 Å². The molecule has 0 spiro atoms. The highest BCUT2D eigenvalue weighted by molar-refractivity contribution is 5.31. The average molecular weight is 118 g/mol. The van der Waals surface area contributed by atoms with Gasteiger partial charge >= 0.3 is 0 Å². The van der Waals surface area contributed by atoms with Crippen LogP contribution in [0, 0.1) is 18.3 Å². The summed E-state index contributed by atoms with van der Waals surface area (Å²) < 4.78 is 0. The van der Waals surface area contributed by atoms with E-state index >= 15 is 0 Å². The Labute approximate surface area is 53.8 Å². The van der Waals surface area contributed by atoms with Crippen LogP contribution in [0.15, 0.2) is 18.3 Å². The van der Waals surface area contributed by atoms with Crippen LogP contribution < -0.4 is 0 Å². The first-order valence-corrected chi connectivity index (χ1v) is 2.66. The summed E-state index contributed by atoms with van der Waals surface area (Å²) in [5.74, 6) is 0. The fourth-order valence-electron chi connectivity index (χ4n) is 0.602. The van der Waals surface area contributed by atoms with Crippen molar-refractivity contribution < 1.29 is 0 Å². The van der Waals surface area contributed by atoms with E-state index in [1.165, 1.54) is 0 Å². The molecule has 0 aliphatic heterocycles. The van der Waals surface area contributed by atoms with E-state index in [1.54, 1.807) is 18.3 Å². The molecule has 0 aromatic carbocycles. The zero-order valence-electron chi connectivity index (χ0n) is 5.13. The summed E-state index contributed by atoms with van der Waals surface area (Å²) in [5, 5.41) is 8.43. The summed E-state index contributed by atoms with van der Waals surface area (Å²) in [6.45, 7) is 1.82. The molecule has 0 saturated heterocycles. The van der Waals surface area contributed by atoms with Gasteiger partial charge in [-0.25, -0.2) is 0 Å². The Morgan fingerprint density at radius 3 is 2.89 bits per heavy atom. The van der Waals surface area contributed by atoms with Crippen LogP contribution in [-0.2, 0) is 0 Å². The molecule has 1 rings (SSSR count). The van der Waals surface area contributed by atoms with Gasteiger partial charge in [0.2, 0.25) is 0 Å². The first-order valence-electron chi connectivity index (χ1n) is 2.66. The third kappa shape index (κ3) is 1.06. The van der Waals surface area contributed by atoms with Gasteiger partial charge in [-0.15, -0.1) is 0 Å². The zero-order valence-corrected chi connectivity index (χ0v) is 5.13. The van der Waals surface area contributed by atoms with E-state index in [0.29, 0.717) is 5.56 Å². The number of hydrogen-bond acceptors (Lipinski definition) is 2. The number of pyridine rings is 1. The molecule has 0 amide bonds. The molecular formula is C7H6N2. The molecule has 9 heavy (non-hydrogen) atoms. The molecule has 0 N–H and O–H groups in total. The fraction of sp³-hybridized carbons (Fsp3) is 0.143. The molecule has 1 aromatic rings. The maximum Gasteiger partial charge on any atom is 0.101 e. The van der Waals surface area contributed by atoms with Crippen LogP contribution >= 0.6 is 0 Å². The molecule has 2 heteroatoms. The summed E-state index contributed by atoms with van der Waals surface area (Å²) >= 11 is 0. The lowest BCUT2D eigenvalue weighted by molar-refractivity contribution is 1.18. The maximum absolute atomic E-state index is 8.43. The van der Waals surface area contributed by atoms with Gasteiger partial charge in [0.25, 0.3) is 0 Å². The molecule has 0 aliphatic rings. The van der Waals surface area contributed by atoms with E-state index in [1.807, 2.05) is 13.0 Å². The Balaban J connectivity index is 3.20. The lowest BCUT2D eigenvalue weighted by atomic mass is 10.2. The quantitative estimate of drug-likeness (QED) is 0.514. The first-order chi connectivity index (χ1) is 4.34. The molecule has 2 nitrogen and oxygen atoms in total. The van der Waals surface area contributed by atoms with E-state index in [4.69, 9.17) is 5.26 Å². The topological polar surface area (TPSA) is 36.7 Å². The number of rotatable bonds is 0. The Kier molecular flexibility index (Phi) is 1.46. The van der Waals surface area contributed by atoms with Crippen molar-refractivity contribution in [3.05, 3.63) is 29.6 Å². The van der Waals surface area contributed by atoms with Crippen LogP contribution in [0.4, 0.5) is 0 Å². The largest absolute Gasteiger partial charge is 0.260 e. The Morgan fingerprint density at radius 1 is 1.67 bits per heavy atom. The van der Waals surface area contributed by atoms with Gasteiger partial charge in [0.1, 0.15) is 6.07 Å². The lowest BCUT2D eigenvalue weighted by Crippen LogP contribution is -1.83. The summed E-state index contributed by atoms with van der Waals surface area (Å²) in [6.07, 6.45) is 1.68. The monoisotopic (exact) mass is 118 g/mol. The van der Waals surface area contributed by atoms with Gasteiger partial charge in [0.15, 0.2) is 0 Å². The zero-order chi connectivity index (χ0) is 6.69. The van der Waals surface area contributed by atoms with Gasteiger partial charge in [-0.05, 0) is 19.1 Å². The molecule has 0 aliphatic carbocycles. The predicted octanol–water partition coefficient (Wildman–Crippen LogP) is 1.26. The van der Waals surface area contributed by atoms with Gasteiger partial charge in [0.05, 0.1) is 11.3 Å². The predicted molar refractivity (Wildman–Crippen MR) is 33.7 cm³/mol. The summed E-state index contributed by atoms with van der Waals surface area (Å²) in [7, 11) is 0. The van der Waals surface area contributed by atoms with Crippen molar-refractivity contribution in [2.45, 2.75) is 6.92 Å². The highest BCUT2D eigenvalue weighted by Crippen LogP contribution is 1.99. The van der Waals surface area contributed by atoms with E-state index in [-0.39, 0.29) is 0 Å². The van der Waals surface area contributed by atoms with Crippen LogP contribution in [-0.4, -0.2) is 4.98 Å². The maximum atomic E-state index is 8.43. The number of aryl methyl sites for hydroxylation is 1. The Morgan fingerprint density at radius 2 is 2.44 bits per heavy atom. The average Bonchev–Trinajstić information content (AvgIpc) is 1.89.